The first-order chi connectivity index (χ1) is 17.8. The SMILES string of the molecule is CCCCCCCCCCc1ccc(-c2ccc(-c3ccc(-c4ccc5ccccc5c4)s3)s2)cc1. The Bertz CT molecular complexity index is 1370. The Labute approximate surface area is 224 Å². The topological polar surface area (TPSA) is 0 Å². The highest BCUT2D eigenvalue weighted by Crippen LogP contribution is 2.40. The average Bonchev–Trinajstić information content (AvgIpc) is 3.61. The van der Waals surface area contributed by atoms with E-state index in [2.05, 4.69) is 97.9 Å². The number of benzene rings is 3. The first kappa shape index (κ1) is 25.0. The van der Waals surface area contributed by atoms with Crippen molar-refractivity contribution in [2.24, 2.45) is 0 Å². The minimum atomic E-state index is 1.21. The van der Waals surface area contributed by atoms with Gasteiger partial charge in [-0.3, -0.25) is 0 Å². The fourth-order valence-electron chi connectivity index (χ4n) is 4.89. The van der Waals surface area contributed by atoms with E-state index in [1.54, 1.807) is 0 Å². The van der Waals surface area contributed by atoms with E-state index in [1.165, 1.54) is 105 Å². The van der Waals surface area contributed by atoms with Crippen molar-refractivity contribution in [1.29, 1.82) is 0 Å². The summed E-state index contributed by atoms with van der Waals surface area (Å²) in [5.74, 6) is 0. The highest BCUT2D eigenvalue weighted by molar-refractivity contribution is 7.25. The van der Waals surface area contributed by atoms with Crippen LogP contribution in [-0.4, -0.2) is 0 Å². The third-order valence-corrected chi connectivity index (χ3v) is 9.51. The molecule has 0 aliphatic rings. The number of hydrogen-bond donors (Lipinski definition) is 0. The number of hydrogen-bond acceptors (Lipinski definition) is 2. The van der Waals surface area contributed by atoms with Gasteiger partial charge in [0.05, 0.1) is 0 Å². The minimum Gasteiger partial charge on any atom is -0.134 e. The van der Waals surface area contributed by atoms with Crippen LogP contribution >= 0.6 is 22.7 Å². The summed E-state index contributed by atoms with van der Waals surface area (Å²) < 4.78 is 0. The molecule has 5 rings (SSSR count). The van der Waals surface area contributed by atoms with Crippen molar-refractivity contribution < 1.29 is 0 Å². The monoisotopic (exact) mass is 508 g/mol. The molecule has 2 aromatic heterocycles. The van der Waals surface area contributed by atoms with Crippen molar-refractivity contribution in [1.82, 2.24) is 0 Å². The van der Waals surface area contributed by atoms with E-state index < -0.39 is 0 Å². The fourth-order valence-corrected chi connectivity index (χ4v) is 7.00. The Hall–Kier alpha value is -2.68. The summed E-state index contributed by atoms with van der Waals surface area (Å²) in [6.45, 7) is 2.29. The van der Waals surface area contributed by atoms with Gasteiger partial charge in [-0.05, 0) is 70.6 Å². The Morgan fingerprint density at radius 3 is 1.72 bits per heavy atom. The molecule has 0 atom stereocenters. The van der Waals surface area contributed by atoms with Crippen LogP contribution in [-0.2, 0) is 6.42 Å². The zero-order valence-corrected chi connectivity index (χ0v) is 23.0. The molecule has 2 heterocycles. The first-order valence-electron chi connectivity index (χ1n) is 13.6. The summed E-state index contributed by atoms with van der Waals surface area (Å²) in [5.41, 5.74) is 4.10. The van der Waals surface area contributed by atoms with Crippen LogP contribution in [0, 0.1) is 0 Å². The van der Waals surface area contributed by atoms with Crippen LogP contribution in [0.15, 0.2) is 91.0 Å². The fraction of sp³-hybridized carbons (Fsp3) is 0.294. The Balaban J connectivity index is 1.17. The largest absolute Gasteiger partial charge is 0.134 e. The normalized spacial score (nSPS) is 11.4. The van der Waals surface area contributed by atoms with Crippen LogP contribution in [0.5, 0.6) is 0 Å². The summed E-state index contributed by atoms with van der Waals surface area (Å²) >= 11 is 3.79. The van der Waals surface area contributed by atoms with Crippen molar-refractivity contribution in [3.63, 3.8) is 0 Å². The molecule has 0 radical (unpaired) electrons. The van der Waals surface area contributed by atoms with Gasteiger partial charge in [-0.2, -0.15) is 0 Å². The van der Waals surface area contributed by atoms with Gasteiger partial charge in [0, 0.05) is 19.5 Å². The molecule has 0 saturated carbocycles. The number of fused-ring (bicyclic) bond motifs is 1. The van der Waals surface area contributed by atoms with Crippen molar-refractivity contribution >= 4 is 33.4 Å². The molecule has 2 heteroatoms. The van der Waals surface area contributed by atoms with Gasteiger partial charge in [-0.25, -0.2) is 0 Å². The van der Waals surface area contributed by atoms with Crippen LogP contribution in [0.4, 0.5) is 0 Å². The molecular formula is C34H36S2. The third-order valence-electron chi connectivity index (χ3n) is 7.05. The van der Waals surface area contributed by atoms with Gasteiger partial charge in [0.1, 0.15) is 0 Å². The number of aryl methyl sites for hydroxylation is 1. The maximum Gasteiger partial charge on any atom is 0.0449 e. The molecule has 3 aromatic carbocycles. The van der Waals surface area contributed by atoms with E-state index in [1.807, 2.05) is 22.7 Å². The lowest BCUT2D eigenvalue weighted by Crippen LogP contribution is -1.86. The van der Waals surface area contributed by atoms with E-state index in [-0.39, 0.29) is 0 Å². The molecular weight excluding hydrogens is 473 g/mol. The van der Waals surface area contributed by atoms with E-state index in [4.69, 9.17) is 0 Å². The number of unbranched alkanes of at least 4 members (excludes halogenated alkanes) is 7. The molecule has 0 unspecified atom stereocenters. The Kier molecular flexibility index (Phi) is 8.69. The van der Waals surface area contributed by atoms with Gasteiger partial charge in [-0.1, -0.05) is 113 Å². The number of rotatable bonds is 12. The Morgan fingerprint density at radius 2 is 1.03 bits per heavy atom. The molecule has 184 valence electrons. The van der Waals surface area contributed by atoms with E-state index >= 15 is 0 Å². The molecule has 0 aliphatic heterocycles. The third kappa shape index (κ3) is 6.35. The quantitative estimate of drug-likeness (QED) is 0.147. The number of thiophene rings is 2. The zero-order chi connectivity index (χ0) is 24.6. The highest BCUT2D eigenvalue weighted by Gasteiger charge is 2.10. The van der Waals surface area contributed by atoms with Gasteiger partial charge < -0.3 is 0 Å². The second-order valence-corrected chi connectivity index (χ2v) is 12.0. The van der Waals surface area contributed by atoms with Crippen LogP contribution in [0.1, 0.15) is 63.9 Å². The van der Waals surface area contributed by atoms with Gasteiger partial charge in [0.2, 0.25) is 0 Å². The molecule has 0 spiro atoms. The lowest BCUT2D eigenvalue weighted by atomic mass is 10.0. The standard InChI is InChI=1S/C34H36S2/c1-2-3-4-5-6-7-8-9-12-26-15-17-28(18-16-26)31-21-23-33(35-31)34-24-22-32(36-34)30-20-19-27-13-10-11-14-29(27)25-30/h10-11,13-25H,2-9,12H2,1H3. The summed E-state index contributed by atoms with van der Waals surface area (Å²) in [6.07, 6.45) is 12.3. The summed E-state index contributed by atoms with van der Waals surface area (Å²) in [7, 11) is 0. The van der Waals surface area contributed by atoms with Crippen molar-refractivity contribution in [3.8, 4) is 30.6 Å². The molecule has 0 fully saturated rings. The van der Waals surface area contributed by atoms with Gasteiger partial charge in [0.15, 0.2) is 0 Å². The zero-order valence-electron chi connectivity index (χ0n) is 21.3. The molecule has 0 nitrogen and oxygen atoms in total. The minimum absolute atomic E-state index is 1.21. The molecule has 0 amide bonds. The average molecular weight is 509 g/mol. The van der Waals surface area contributed by atoms with Crippen molar-refractivity contribution in [2.75, 3.05) is 0 Å². The van der Waals surface area contributed by atoms with Gasteiger partial charge in [-0.15, -0.1) is 22.7 Å². The summed E-state index contributed by atoms with van der Waals surface area (Å²) in [6, 6.07) is 33.8. The van der Waals surface area contributed by atoms with Crippen LogP contribution < -0.4 is 0 Å². The van der Waals surface area contributed by atoms with Gasteiger partial charge in [0.25, 0.3) is 0 Å². The maximum absolute atomic E-state index is 2.33. The van der Waals surface area contributed by atoms with Crippen molar-refractivity contribution in [3.05, 3.63) is 96.6 Å². The van der Waals surface area contributed by atoms with Crippen molar-refractivity contribution in [2.45, 2.75) is 64.7 Å². The second-order valence-electron chi connectivity index (χ2n) is 9.81. The van der Waals surface area contributed by atoms with Crippen LogP contribution in [0.25, 0.3) is 41.4 Å². The molecule has 0 bridgehead atoms. The molecule has 36 heavy (non-hydrogen) atoms. The molecule has 0 N–H and O–H groups in total. The van der Waals surface area contributed by atoms with Gasteiger partial charge >= 0.3 is 0 Å². The van der Waals surface area contributed by atoms with E-state index in [9.17, 15) is 0 Å². The highest BCUT2D eigenvalue weighted by atomic mass is 32.1. The van der Waals surface area contributed by atoms with Crippen LogP contribution in [0.3, 0.4) is 0 Å². The van der Waals surface area contributed by atoms with E-state index in [0.29, 0.717) is 0 Å². The van der Waals surface area contributed by atoms with E-state index in [0.717, 1.165) is 0 Å². The summed E-state index contributed by atoms with van der Waals surface area (Å²) in [4.78, 5) is 5.38. The lowest BCUT2D eigenvalue weighted by Gasteiger charge is -2.04. The Morgan fingerprint density at radius 1 is 0.472 bits per heavy atom. The van der Waals surface area contributed by atoms with Crippen LogP contribution in [0.2, 0.25) is 0 Å². The molecule has 5 aromatic rings. The molecule has 0 saturated heterocycles. The smallest absolute Gasteiger partial charge is 0.0449 e. The first-order valence-corrected chi connectivity index (χ1v) is 15.2. The second kappa shape index (κ2) is 12.5. The summed E-state index contributed by atoms with van der Waals surface area (Å²) in [5, 5.41) is 2.60. The lowest BCUT2D eigenvalue weighted by molar-refractivity contribution is 0.575. The molecule has 0 aliphatic carbocycles. The predicted molar refractivity (Wildman–Crippen MR) is 162 cm³/mol. The maximum atomic E-state index is 2.33. The predicted octanol–water partition coefficient (Wildman–Crippen LogP) is 11.6.